The highest BCUT2D eigenvalue weighted by atomic mass is 35.5. The van der Waals surface area contributed by atoms with Crippen molar-refractivity contribution in [3.8, 4) is 5.75 Å². The Hall–Kier alpha value is -2.60. The summed E-state index contributed by atoms with van der Waals surface area (Å²) in [5.74, 6) is 0.619. The Morgan fingerprint density at radius 3 is 2.29 bits per heavy atom. The van der Waals surface area contributed by atoms with Crippen molar-refractivity contribution in [1.82, 2.24) is 9.80 Å². The topological polar surface area (TPSA) is 49.9 Å². The molecule has 2 aliphatic heterocycles. The van der Waals surface area contributed by atoms with E-state index >= 15 is 0 Å². The third-order valence-corrected chi connectivity index (χ3v) is 9.04. The molecule has 5 rings (SSSR count). The van der Waals surface area contributed by atoms with E-state index in [-0.39, 0.29) is 17.6 Å². The summed E-state index contributed by atoms with van der Waals surface area (Å²) in [6.07, 6.45) is 8.60. The maximum absolute atomic E-state index is 14.3. The van der Waals surface area contributed by atoms with Crippen molar-refractivity contribution in [2.45, 2.75) is 69.6 Å². The Bertz CT molecular complexity index is 1130. The lowest BCUT2D eigenvalue weighted by molar-refractivity contribution is -0.145. The van der Waals surface area contributed by atoms with Crippen LogP contribution in [0.15, 0.2) is 48.5 Å². The number of likely N-dealkylation sites (tertiary alicyclic amines) is 2. The molecule has 2 aromatic rings. The number of nitrogens with zero attached hydrogens (tertiary/aromatic N) is 2. The summed E-state index contributed by atoms with van der Waals surface area (Å²) in [6, 6.07) is 13.8. The van der Waals surface area contributed by atoms with Gasteiger partial charge in [0.15, 0.2) is 0 Å². The Kier molecular flexibility index (Phi) is 8.27. The molecule has 1 saturated carbocycles. The fourth-order valence-corrected chi connectivity index (χ4v) is 6.86. The van der Waals surface area contributed by atoms with Crippen LogP contribution in [-0.4, -0.2) is 54.4 Å². The van der Waals surface area contributed by atoms with Gasteiger partial charge >= 0.3 is 0 Å². The molecule has 0 spiro atoms. The van der Waals surface area contributed by atoms with Gasteiger partial charge in [-0.05, 0) is 86.9 Å². The molecule has 2 saturated heterocycles. The molecule has 2 heterocycles. The highest BCUT2D eigenvalue weighted by molar-refractivity contribution is 6.30. The normalized spacial score (nSPS) is 23.3. The van der Waals surface area contributed by atoms with Crippen LogP contribution >= 0.6 is 11.6 Å². The number of hydrogen-bond donors (Lipinski definition) is 0. The molecule has 2 aromatic carbocycles. The monoisotopic (exact) mass is 540 g/mol. The second-order valence-electron chi connectivity index (χ2n) is 11.5. The molecule has 204 valence electrons. The van der Waals surface area contributed by atoms with E-state index in [0.29, 0.717) is 36.9 Å². The van der Waals surface area contributed by atoms with Gasteiger partial charge in [-0.3, -0.25) is 9.59 Å². The molecule has 1 aliphatic carbocycles. The molecule has 0 N–H and O–H groups in total. The van der Waals surface area contributed by atoms with E-state index < -0.39 is 10.8 Å². The maximum Gasteiger partial charge on any atom is 0.233 e. The van der Waals surface area contributed by atoms with Gasteiger partial charge in [0.2, 0.25) is 11.8 Å². The van der Waals surface area contributed by atoms with Gasteiger partial charge in [0.25, 0.3) is 0 Å². The van der Waals surface area contributed by atoms with Crippen LogP contribution in [0.3, 0.4) is 0 Å². The van der Waals surface area contributed by atoms with Crippen LogP contribution < -0.4 is 4.74 Å². The van der Waals surface area contributed by atoms with Crippen molar-refractivity contribution >= 4 is 23.4 Å². The number of hydrogen-bond acceptors (Lipinski definition) is 3. The summed E-state index contributed by atoms with van der Waals surface area (Å²) in [5, 5.41) is 0.640. The van der Waals surface area contributed by atoms with Crippen molar-refractivity contribution in [2.75, 3.05) is 32.8 Å². The number of carbonyl (C=O) groups excluding carboxylic acids is 2. The Balaban J connectivity index is 1.39. The molecule has 1 atom stereocenters. The lowest BCUT2D eigenvalue weighted by Crippen LogP contribution is -2.55. The van der Waals surface area contributed by atoms with Crippen LogP contribution in [0.1, 0.15) is 69.8 Å². The zero-order valence-corrected chi connectivity index (χ0v) is 22.9. The molecule has 0 unspecified atom stereocenters. The number of rotatable bonds is 7. The smallest absolute Gasteiger partial charge is 0.233 e. The van der Waals surface area contributed by atoms with Gasteiger partial charge in [-0.2, -0.15) is 0 Å². The van der Waals surface area contributed by atoms with Crippen LogP contribution in [0.2, 0.25) is 5.02 Å². The minimum atomic E-state index is -0.695. The quantitative estimate of drug-likeness (QED) is 0.409. The zero-order chi connectivity index (χ0) is 26.6. The van der Waals surface area contributed by atoms with Crippen LogP contribution in [0.5, 0.6) is 5.75 Å². The van der Waals surface area contributed by atoms with Gasteiger partial charge in [0, 0.05) is 43.0 Å². The summed E-state index contributed by atoms with van der Waals surface area (Å²) < 4.78 is 20.5. The highest BCUT2D eigenvalue weighted by Crippen LogP contribution is 2.45. The summed E-state index contributed by atoms with van der Waals surface area (Å²) in [4.78, 5) is 31.7. The van der Waals surface area contributed by atoms with Crippen molar-refractivity contribution in [2.24, 2.45) is 5.41 Å². The summed E-state index contributed by atoms with van der Waals surface area (Å²) in [6.45, 7) is 3.08. The summed E-state index contributed by atoms with van der Waals surface area (Å²) >= 11 is 6.06. The minimum absolute atomic E-state index is 0.0709. The van der Waals surface area contributed by atoms with Gasteiger partial charge in [0.05, 0.1) is 12.0 Å². The zero-order valence-electron chi connectivity index (χ0n) is 22.1. The Morgan fingerprint density at radius 1 is 0.868 bits per heavy atom. The van der Waals surface area contributed by atoms with Crippen LogP contribution in [0.4, 0.5) is 4.39 Å². The van der Waals surface area contributed by atoms with E-state index in [0.717, 1.165) is 70.0 Å². The third-order valence-electron chi connectivity index (χ3n) is 8.79. The minimum Gasteiger partial charge on any atom is -0.493 e. The van der Waals surface area contributed by atoms with Crippen LogP contribution in [0, 0.1) is 11.2 Å². The highest BCUT2D eigenvalue weighted by Gasteiger charge is 2.48. The standard InChI is InChI=1S/C31H38ClFN2O3/c32-25-10-12-27(13-11-25)38-23-30(21-28(36)34-17-4-1-5-18-34)14-7-19-35(22-30)29(37)31(15-2-3-16-31)24-8-6-9-26(33)20-24/h6,8-13,20H,1-5,7,14-19,21-23H2/t30-/m1/s1. The first kappa shape index (κ1) is 27.0. The van der Waals surface area contributed by atoms with E-state index in [2.05, 4.69) is 0 Å². The van der Waals surface area contributed by atoms with E-state index in [4.69, 9.17) is 16.3 Å². The Labute approximate surface area is 230 Å². The molecule has 2 amide bonds. The number of benzene rings is 2. The van der Waals surface area contributed by atoms with Gasteiger partial charge in [-0.15, -0.1) is 0 Å². The van der Waals surface area contributed by atoms with Gasteiger partial charge < -0.3 is 14.5 Å². The van der Waals surface area contributed by atoms with Gasteiger partial charge in [-0.1, -0.05) is 36.6 Å². The fraction of sp³-hybridized carbons (Fsp3) is 0.548. The molecule has 0 bridgehead atoms. The molecule has 38 heavy (non-hydrogen) atoms. The maximum atomic E-state index is 14.3. The van der Waals surface area contributed by atoms with Gasteiger partial charge in [0.1, 0.15) is 11.6 Å². The average molecular weight is 541 g/mol. The van der Waals surface area contributed by atoms with E-state index in [1.165, 1.54) is 18.6 Å². The SMILES string of the molecule is O=C(C[C@]1(COc2ccc(Cl)cc2)CCCN(C(=O)C2(c3cccc(F)c3)CCCC2)C1)N1CCCCC1. The van der Waals surface area contributed by atoms with Crippen molar-refractivity contribution in [3.63, 3.8) is 0 Å². The largest absolute Gasteiger partial charge is 0.493 e. The van der Waals surface area contributed by atoms with Crippen molar-refractivity contribution in [1.29, 1.82) is 0 Å². The average Bonchev–Trinajstić information content (AvgIpc) is 3.44. The summed E-state index contributed by atoms with van der Waals surface area (Å²) in [5.41, 5.74) is -0.402. The first-order chi connectivity index (χ1) is 18.4. The van der Waals surface area contributed by atoms with E-state index in [9.17, 15) is 14.0 Å². The molecular weight excluding hydrogens is 503 g/mol. The number of piperidine rings is 2. The van der Waals surface area contributed by atoms with Crippen molar-refractivity contribution < 1.29 is 18.7 Å². The molecule has 3 fully saturated rings. The lowest BCUT2D eigenvalue weighted by atomic mass is 9.74. The second-order valence-corrected chi connectivity index (χ2v) is 11.9. The van der Waals surface area contributed by atoms with Crippen LogP contribution in [-0.2, 0) is 15.0 Å². The first-order valence-corrected chi connectivity index (χ1v) is 14.5. The predicted molar refractivity (Wildman–Crippen MR) is 147 cm³/mol. The second kappa shape index (κ2) is 11.6. The van der Waals surface area contributed by atoms with E-state index in [1.807, 2.05) is 28.0 Å². The molecule has 7 heteroatoms. The molecule has 0 aromatic heterocycles. The van der Waals surface area contributed by atoms with Crippen LogP contribution in [0.25, 0.3) is 0 Å². The van der Waals surface area contributed by atoms with Gasteiger partial charge in [-0.25, -0.2) is 4.39 Å². The molecule has 5 nitrogen and oxygen atoms in total. The van der Waals surface area contributed by atoms with Crippen molar-refractivity contribution in [3.05, 3.63) is 64.9 Å². The predicted octanol–water partition coefficient (Wildman–Crippen LogP) is 6.38. The molecular formula is C31H38ClFN2O3. The van der Waals surface area contributed by atoms with E-state index in [1.54, 1.807) is 18.2 Å². The molecule has 0 radical (unpaired) electrons. The first-order valence-electron chi connectivity index (χ1n) is 14.1. The third kappa shape index (κ3) is 5.85. The molecule has 3 aliphatic rings. The fourth-order valence-electron chi connectivity index (χ4n) is 6.73. The number of halogens is 2. The number of carbonyl (C=O) groups is 2. The Morgan fingerprint density at radius 2 is 1.58 bits per heavy atom. The number of amides is 2. The summed E-state index contributed by atoms with van der Waals surface area (Å²) in [7, 11) is 0. The number of ether oxygens (including phenoxy) is 1. The lowest BCUT2D eigenvalue weighted by Gasteiger charge is -2.46.